The van der Waals surface area contributed by atoms with Gasteiger partial charge in [0, 0.05) is 24.4 Å². The lowest BCUT2D eigenvalue weighted by Crippen LogP contribution is -2.09. The molecule has 0 N–H and O–H groups in total. The van der Waals surface area contributed by atoms with Gasteiger partial charge in [0.1, 0.15) is 11.6 Å². The average Bonchev–Trinajstić information content (AvgIpc) is 2.99. The Hall–Kier alpha value is -2.89. The predicted octanol–water partition coefficient (Wildman–Crippen LogP) is 3.67. The standard InChI is InChI=1S/C20H24N4O2/c1-13(2)26-20-8-14(3)22-19(23-20)10-16-6-7-17(18(9-16)25-5)24-11-15(4)21-12-24/h6-9,11-13H,10H2,1-5H3. The molecular formula is C20H24N4O2. The van der Waals surface area contributed by atoms with Crippen LogP contribution in [0.2, 0.25) is 0 Å². The van der Waals surface area contributed by atoms with E-state index in [2.05, 4.69) is 21.0 Å². The molecule has 0 fully saturated rings. The Morgan fingerprint density at radius 3 is 2.54 bits per heavy atom. The molecule has 6 nitrogen and oxygen atoms in total. The molecule has 0 saturated heterocycles. The Kier molecular flexibility index (Phi) is 5.21. The van der Waals surface area contributed by atoms with Gasteiger partial charge in [0.25, 0.3) is 0 Å². The molecule has 2 heterocycles. The van der Waals surface area contributed by atoms with Gasteiger partial charge in [-0.15, -0.1) is 0 Å². The van der Waals surface area contributed by atoms with Crippen molar-refractivity contribution in [2.75, 3.05) is 7.11 Å². The van der Waals surface area contributed by atoms with E-state index in [9.17, 15) is 0 Å². The quantitative estimate of drug-likeness (QED) is 0.677. The van der Waals surface area contributed by atoms with Crippen LogP contribution in [0.25, 0.3) is 5.69 Å². The first-order valence-electron chi connectivity index (χ1n) is 8.63. The van der Waals surface area contributed by atoms with Gasteiger partial charge in [0.15, 0.2) is 0 Å². The predicted molar refractivity (Wildman–Crippen MR) is 100 cm³/mol. The fourth-order valence-corrected chi connectivity index (χ4v) is 2.76. The topological polar surface area (TPSA) is 62.1 Å². The fraction of sp³-hybridized carbons (Fsp3) is 0.350. The molecule has 0 unspecified atom stereocenters. The van der Waals surface area contributed by atoms with Crippen molar-refractivity contribution in [3.05, 3.63) is 59.6 Å². The Bertz CT molecular complexity index is 903. The highest BCUT2D eigenvalue weighted by molar-refractivity contribution is 5.49. The second kappa shape index (κ2) is 7.56. The zero-order chi connectivity index (χ0) is 18.7. The number of nitrogens with zero attached hydrogens (tertiary/aromatic N) is 4. The van der Waals surface area contributed by atoms with Crippen LogP contribution >= 0.6 is 0 Å². The number of hydrogen-bond acceptors (Lipinski definition) is 5. The second-order valence-corrected chi connectivity index (χ2v) is 6.54. The van der Waals surface area contributed by atoms with E-state index in [1.54, 1.807) is 13.4 Å². The summed E-state index contributed by atoms with van der Waals surface area (Å²) in [5, 5.41) is 0. The maximum Gasteiger partial charge on any atom is 0.217 e. The van der Waals surface area contributed by atoms with Crippen LogP contribution in [0.15, 0.2) is 36.8 Å². The summed E-state index contributed by atoms with van der Waals surface area (Å²) in [6.07, 6.45) is 4.44. The molecule has 0 aliphatic rings. The molecule has 0 amide bonds. The molecule has 0 bridgehead atoms. The van der Waals surface area contributed by atoms with Crippen LogP contribution in [-0.4, -0.2) is 32.7 Å². The monoisotopic (exact) mass is 352 g/mol. The van der Waals surface area contributed by atoms with E-state index in [0.29, 0.717) is 12.3 Å². The van der Waals surface area contributed by atoms with Crippen molar-refractivity contribution in [1.29, 1.82) is 0 Å². The number of methoxy groups -OCH3 is 1. The highest BCUT2D eigenvalue weighted by Gasteiger charge is 2.10. The van der Waals surface area contributed by atoms with Crippen molar-refractivity contribution >= 4 is 0 Å². The number of hydrogen-bond donors (Lipinski definition) is 0. The van der Waals surface area contributed by atoms with Crippen LogP contribution in [0.1, 0.15) is 36.6 Å². The Morgan fingerprint density at radius 1 is 1.08 bits per heavy atom. The van der Waals surface area contributed by atoms with Crippen molar-refractivity contribution in [2.45, 2.75) is 40.2 Å². The van der Waals surface area contributed by atoms with E-state index in [1.165, 1.54) is 0 Å². The summed E-state index contributed by atoms with van der Waals surface area (Å²) in [4.78, 5) is 13.3. The molecule has 0 radical (unpaired) electrons. The Labute approximate surface area is 153 Å². The number of aromatic nitrogens is 4. The lowest BCUT2D eigenvalue weighted by Gasteiger charge is -2.12. The zero-order valence-electron chi connectivity index (χ0n) is 15.9. The van der Waals surface area contributed by atoms with Crippen molar-refractivity contribution in [3.63, 3.8) is 0 Å². The summed E-state index contributed by atoms with van der Waals surface area (Å²) in [5.74, 6) is 2.13. The third-order valence-electron chi connectivity index (χ3n) is 3.83. The maximum absolute atomic E-state index is 5.71. The Morgan fingerprint density at radius 2 is 1.88 bits per heavy atom. The first kappa shape index (κ1) is 17.9. The van der Waals surface area contributed by atoms with Gasteiger partial charge in [0.2, 0.25) is 5.88 Å². The molecule has 2 aromatic heterocycles. The molecule has 3 aromatic rings. The summed E-state index contributed by atoms with van der Waals surface area (Å²) in [7, 11) is 1.67. The third kappa shape index (κ3) is 4.20. The number of aryl methyl sites for hydroxylation is 2. The summed E-state index contributed by atoms with van der Waals surface area (Å²) in [6, 6.07) is 7.95. The molecule has 1 aromatic carbocycles. The van der Waals surface area contributed by atoms with E-state index in [1.807, 2.05) is 56.7 Å². The van der Waals surface area contributed by atoms with Gasteiger partial charge in [-0.1, -0.05) is 6.07 Å². The molecule has 0 aliphatic heterocycles. The van der Waals surface area contributed by atoms with Crippen LogP contribution in [0, 0.1) is 13.8 Å². The third-order valence-corrected chi connectivity index (χ3v) is 3.83. The molecule has 136 valence electrons. The van der Waals surface area contributed by atoms with Crippen LogP contribution < -0.4 is 9.47 Å². The van der Waals surface area contributed by atoms with E-state index < -0.39 is 0 Å². The second-order valence-electron chi connectivity index (χ2n) is 6.54. The average molecular weight is 352 g/mol. The summed E-state index contributed by atoms with van der Waals surface area (Å²) in [5.41, 5.74) is 3.87. The van der Waals surface area contributed by atoms with E-state index in [-0.39, 0.29) is 6.10 Å². The van der Waals surface area contributed by atoms with Gasteiger partial charge in [-0.25, -0.2) is 9.97 Å². The molecule has 6 heteroatoms. The van der Waals surface area contributed by atoms with Crippen molar-refractivity contribution in [1.82, 2.24) is 19.5 Å². The summed E-state index contributed by atoms with van der Waals surface area (Å²) in [6.45, 7) is 7.88. The van der Waals surface area contributed by atoms with Gasteiger partial charge >= 0.3 is 0 Å². The minimum Gasteiger partial charge on any atom is -0.495 e. The highest BCUT2D eigenvalue weighted by Crippen LogP contribution is 2.25. The maximum atomic E-state index is 5.71. The lowest BCUT2D eigenvalue weighted by molar-refractivity contribution is 0.231. The normalized spacial score (nSPS) is 11.0. The van der Waals surface area contributed by atoms with Crippen LogP contribution in [0.4, 0.5) is 0 Å². The molecule has 0 saturated carbocycles. The summed E-state index contributed by atoms with van der Waals surface area (Å²) >= 11 is 0. The van der Waals surface area contributed by atoms with Crippen LogP contribution in [-0.2, 0) is 6.42 Å². The Balaban J connectivity index is 1.88. The molecule has 0 spiro atoms. The van der Waals surface area contributed by atoms with Crippen molar-refractivity contribution in [2.24, 2.45) is 0 Å². The van der Waals surface area contributed by atoms with Gasteiger partial charge < -0.3 is 14.0 Å². The summed E-state index contributed by atoms with van der Waals surface area (Å²) < 4.78 is 13.2. The molecule has 0 aliphatic carbocycles. The van der Waals surface area contributed by atoms with Crippen LogP contribution in [0.5, 0.6) is 11.6 Å². The minimum atomic E-state index is 0.0789. The zero-order valence-corrected chi connectivity index (χ0v) is 15.9. The number of imidazole rings is 1. The molecule has 0 atom stereocenters. The van der Waals surface area contributed by atoms with Crippen molar-refractivity contribution in [3.8, 4) is 17.3 Å². The number of rotatable bonds is 6. The lowest BCUT2D eigenvalue weighted by atomic mass is 10.1. The van der Waals surface area contributed by atoms with E-state index >= 15 is 0 Å². The van der Waals surface area contributed by atoms with Gasteiger partial charge in [-0.2, -0.15) is 4.98 Å². The minimum absolute atomic E-state index is 0.0789. The van der Waals surface area contributed by atoms with E-state index in [4.69, 9.17) is 9.47 Å². The first-order valence-corrected chi connectivity index (χ1v) is 8.63. The number of ether oxygens (including phenoxy) is 2. The van der Waals surface area contributed by atoms with Gasteiger partial charge in [-0.05, 0) is 45.4 Å². The number of benzene rings is 1. The smallest absolute Gasteiger partial charge is 0.217 e. The van der Waals surface area contributed by atoms with Crippen LogP contribution in [0.3, 0.4) is 0 Å². The molecule has 3 rings (SSSR count). The largest absolute Gasteiger partial charge is 0.495 e. The SMILES string of the molecule is COc1cc(Cc2nc(C)cc(OC(C)C)n2)ccc1-n1cnc(C)c1. The molecule has 26 heavy (non-hydrogen) atoms. The van der Waals surface area contributed by atoms with Gasteiger partial charge in [0.05, 0.1) is 30.9 Å². The molecular weight excluding hydrogens is 328 g/mol. The van der Waals surface area contributed by atoms with E-state index in [0.717, 1.165) is 34.2 Å². The highest BCUT2D eigenvalue weighted by atomic mass is 16.5. The van der Waals surface area contributed by atoms with Crippen molar-refractivity contribution < 1.29 is 9.47 Å². The van der Waals surface area contributed by atoms with Gasteiger partial charge in [-0.3, -0.25) is 0 Å². The first-order chi connectivity index (χ1) is 12.4. The fourth-order valence-electron chi connectivity index (χ4n) is 2.76.